The summed E-state index contributed by atoms with van der Waals surface area (Å²) in [4.78, 5) is 0. The molecule has 1 aromatic rings. The highest BCUT2D eigenvalue weighted by molar-refractivity contribution is 6.32. The molecule has 1 rings (SSSR count). The van der Waals surface area contributed by atoms with E-state index < -0.39 is 5.60 Å². The lowest BCUT2D eigenvalue weighted by atomic mass is 10.1. The summed E-state index contributed by atoms with van der Waals surface area (Å²) in [6.45, 7) is 5.76. The Balaban J connectivity index is 2.73. The molecule has 0 aliphatic heterocycles. The molecular formula is C13H20ClNO2. The fourth-order valence-corrected chi connectivity index (χ4v) is 1.50. The molecule has 0 aliphatic rings. The molecule has 0 heterocycles. The van der Waals surface area contributed by atoms with E-state index in [2.05, 4.69) is 0 Å². The Labute approximate surface area is 108 Å². The topological polar surface area (TPSA) is 55.5 Å². The number of hydrogen-bond acceptors (Lipinski definition) is 3. The third kappa shape index (κ3) is 4.19. The average Bonchev–Trinajstić information content (AvgIpc) is 2.27. The summed E-state index contributed by atoms with van der Waals surface area (Å²) in [5.41, 5.74) is 5.89. The van der Waals surface area contributed by atoms with Gasteiger partial charge in [0, 0.05) is 6.04 Å². The Kier molecular flexibility index (Phi) is 4.80. The van der Waals surface area contributed by atoms with Gasteiger partial charge in [-0.3, -0.25) is 0 Å². The van der Waals surface area contributed by atoms with Crippen molar-refractivity contribution in [3.8, 4) is 5.75 Å². The number of benzene rings is 1. The van der Waals surface area contributed by atoms with Crippen LogP contribution in [0.3, 0.4) is 0 Å². The summed E-state index contributed by atoms with van der Waals surface area (Å²) in [6, 6.07) is 5.40. The highest BCUT2D eigenvalue weighted by Crippen LogP contribution is 2.28. The lowest BCUT2D eigenvalue weighted by molar-refractivity contribution is 0.00850. The molecular weight excluding hydrogens is 238 g/mol. The number of hydrogen-bond donors (Lipinski definition) is 2. The van der Waals surface area contributed by atoms with Crippen LogP contribution < -0.4 is 10.5 Å². The third-order valence-corrected chi connectivity index (χ3v) is 3.08. The van der Waals surface area contributed by atoms with Gasteiger partial charge in [0.2, 0.25) is 0 Å². The van der Waals surface area contributed by atoms with Crippen molar-refractivity contribution in [3.63, 3.8) is 0 Å². The fourth-order valence-electron chi connectivity index (χ4n) is 1.25. The van der Waals surface area contributed by atoms with E-state index in [4.69, 9.17) is 22.1 Å². The van der Waals surface area contributed by atoms with Crippen molar-refractivity contribution in [1.82, 2.24) is 0 Å². The van der Waals surface area contributed by atoms with Gasteiger partial charge < -0.3 is 15.6 Å². The minimum absolute atomic E-state index is 0.0553. The highest BCUT2D eigenvalue weighted by atomic mass is 35.5. The van der Waals surface area contributed by atoms with Crippen LogP contribution in [0.2, 0.25) is 5.02 Å². The zero-order valence-corrected chi connectivity index (χ0v) is 11.3. The Hall–Kier alpha value is -0.770. The number of halogens is 1. The predicted octanol–water partition coefficient (Wildman–Crippen LogP) is 2.90. The van der Waals surface area contributed by atoms with Gasteiger partial charge in [0.15, 0.2) is 0 Å². The van der Waals surface area contributed by atoms with Crippen LogP contribution >= 0.6 is 11.6 Å². The molecule has 0 fully saturated rings. The molecule has 17 heavy (non-hydrogen) atoms. The molecule has 2 atom stereocenters. The van der Waals surface area contributed by atoms with Crippen LogP contribution in [0.4, 0.5) is 0 Å². The standard InChI is InChI=1S/C13H20ClNO2/c1-4-13(3,16)8-17-12-6-5-10(9(2)15)7-11(12)14/h5-7,9,16H,4,8,15H2,1-3H3/t9-,13?/m1/s1. The van der Waals surface area contributed by atoms with Gasteiger partial charge in [0.25, 0.3) is 0 Å². The number of nitrogens with two attached hydrogens (primary N) is 1. The normalized spacial score (nSPS) is 16.4. The first kappa shape index (κ1) is 14.3. The van der Waals surface area contributed by atoms with E-state index in [1.54, 1.807) is 19.1 Å². The predicted molar refractivity (Wildman–Crippen MR) is 70.5 cm³/mol. The Morgan fingerprint density at radius 3 is 2.65 bits per heavy atom. The van der Waals surface area contributed by atoms with Crippen molar-refractivity contribution in [2.75, 3.05) is 6.61 Å². The summed E-state index contributed by atoms with van der Waals surface area (Å²) < 4.78 is 5.50. The lowest BCUT2D eigenvalue weighted by Gasteiger charge is -2.22. The zero-order valence-electron chi connectivity index (χ0n) is 10.5. The van der Waals surface area contributed by atoms with Crippen molar-refractivity contribution >= 4 is 11.6 Å². The smallest absolute Gasteiger partial charge is 0.138 e. The second-order valence-corrected chi connectivity index (χ2v) is 5.02. The monoisotopic (exact) mass is 257 g/mol. The van der Waals surface area contributed by atoms with Gasteiger partial charge in [0.1, 0.15) is 12.4 Å². The van der Waals surface area contributed by atoms with Crippen LogP contribution in [0.1, 0.15) is 38.8 Å². The molecule has 1 aromatic carbocycles. The minimum atomic E-state index is -0.830. The minimum Gasteiger partial charge on any atom is -0.489 e. The maximum absolute atomic E-state index is 9.83. The molecule has 0 amide bonds. The molecule has 4 heteroatoms. The summed E-state index contributed by atoms with van der Waals surface area (Å²) in [5.74, 6) is 0.574. The molecule has 0 radical (unpaired) electrons. The first-order valence-corrected chi connectivity index (χ1v) is 6.13. The average molecular weight is 258 g/mol. The van der Waals surface area contributed by atoms with Crippen LogP contribution in [0.15, 0.2) is 18.2 Å². The maximum atomic E-state index is 9.83. The van der Waals surface area contributed by atoms with E-state index in [1.165, 1.54) is 0 Å². The van der Waals surface area contributed by atoms with Crippen LogP contribution in [0.25, 0.3) is 0 Å². The van der Waals surface area contributed by atoms with Gasteiger partial charge in [-0.05, 0) is 38.0 Å². The molecule has 0 saturated heterocycles. The summed E-state index contributed by atoms with van der Waals surface area (Å²) in [6.07, 6.45) is 0.628. The molecule has 0 saturated carbocycles. The fraction of sp³-hybridized carbons (Fsp3) is 0.538. The van der Waals surface area contributed by atoms with E-state index in [9.17, 15) is 5.11 Å². The Morgan fingerprint density at radius 2 is 2.18 bits per heavy atom. The van der Waals surface area contributed by atoms with Crippen molar-refractivity contribution in [3.05, 3.63) is 28.8 Å². The summed E-state index contributed by atoms with van der Waals surface area (Å²) in [5, 5.41) is 10.4. The van der Waals surface area contributed by atoms with Gasteiger partial charge in [-0.15, -0.1) is 0 Å². The Morgan fingerprint density at radius 1 is 1.53 bits per heavy atom. The molecule has 1 unspecified atom stereocenters. The van der Waals surface area contributed by atoms with E-state index in [1.807, 2.05) is 19.9 Å². The van der Waals surface area contributed by atoms with Crippen LogP contribution in [0.5, 0.6) is 5.75 Å². The molecule has 3 nitrogen and oxygen atoms in total. The van der Waals surface area contributed by atoms with E-state index in [0.717, 1.165) is 5.56 Å². The maximum Gasteiger partial charge on any atom is 0.138 e. The number of rotatable bonds is 5. The molecule has 0 bridgehead atoms. The first-order valence-electron chi connectivity index (χ1n) is 5.76. The largest absolute Gasteiger partial charge is 0.489 e. The Bertz CT molecular complexity index is 378. The van der Waals surface area contributed by atoms with Crippen molar-refractivity contribution in [1.29, 1.82) is 0 Å². The SMILES string of the molecule is CCC(C)(O)COc1ccc([C@@H](C)N)cc1Cl. The van der Waals surface area contributed by atoms with Gasteiger partial charge in [-0.25, -0.2) is 0 Å². The van der Waals surface area contributed by atoms with Crippen LogP contribution in [-0.2, 0) is 0 Å². The van der Waals surface area contributed by atoms with Gasteiger partial charge in [0.05, 0.1) is 10.6 Å². The first-order chi connectivity index (χ1) is 7.85. The van der Waals surface area contributed by atoms with E-state index >= 15 is 0 Å². The van der Waals surface area contributed by atoms with Gasteiger partial charge in [-0.1, -0.05) is 24.6 Å². The van der Waals surface area contributed by atoms with E-state index in [0.29, 0.717) is 17.2 Å². The number of aliphatic hydroxyl groups is 1. The lowest BCUT2D eigenvalue weighted by Crippen LogP contribution is -2.31. The molecule has 3 N–H and O–H groups in total. The van der Waals surface area contributed by atoms with Crippen molar-refractivity contribution < 1.29 is 9.84 Å². The van der Waals surface area contributed by atoms with Crippen LogP contribution in [0, 0.1) is 0 Å². The summed E-state index contributed by atoms with van der Waals surface area (Å²) >= 11 is 6.08. The molecule has 0 aliphatic carbocycles. The molecule has 0 aromatic heterocycles. The van der Waals surface area contributed by atoms with Crippen molar-refractivity contribution in [2.24, 2.45) is 5.73 Å². The van der Waals surface area contributed by atoms with Gasteiger partial charge in [-0.2, -0.15) is 0 Å². The molecule has 96 valence electrons. The van der Waals surface area contributed by atoms with E-state index in [-0.39, 0.29) is 12.6 Å². The second-order valence-electron chi connectivity index (χ2n) is 4.62. The molecule has 0 spiro atoms. The van der Waals surface area contributed by atoms with Crippen molar-refractivity contribution in [2.45, 2.75) is 38.8 Å². The van der Waals surface area contributed by atoms with Crippen LogP contribution in [-0.4, -0.2) is 17.3 Å². The van der Waals surface area contributed by atoms with Gasteiger partial charge >= 0.3 is 0 Å². The second kappa shape index (κ2) is 5.71. The summed E-state index contributed by atoms with van der Waals surface area (Å²) in [7, 11) is 0. The quantitative estimate of drug-likeness (QED) is 0.853. The number of ether oxygens (including phenoxy) is 1. The third-order valence-electron chi connectivity index (χ3n) is 2.78. The zero-order chi connectivity index (χ0) is 13.1. The highest BCUT2D eigenvalue weighted by Gasteiger charge is 2.19.